The average Bonchev–Trinajstić information content (AvgIpc) is 2.12. The minimum Gasteiger partial charge on any atom is -0.370 e. The second-order valence-corrected chi connectivity index (χ2v) is 5.08. The molecule has 0 aliphatic rings. The molecule has 0 aliphatic carbocycles. The van der Waals surface area contributed by atoms with Gasteiger partial charge in [-0.15, -0.1) is 0 Å². The van der Waals surface area contributed by atoms with Crippen LogP contribution in [0.4, 0.5) is 5.69 Å². The highest BCUT2D eigenvalue weighted by atomic mass is 79.9. The van der Waals surface area contributed by atoms with Gasteiger partial charge in [-0.1, -0.05) is 11.6 Å². The van der Waals surface area contributed by atoms with E-state index in [1.54, 1.807) is 0 Å². The SMILES string of the molecule is Cc1cc(Br)c(NC(N)=NC(C)C)cc1Cl. The Kier molecular flexibility index (Phi) is 4.62. The molecule has 3 nitrogen and oxygen atoms in total. The number of aliphatic imine (C=N–C) groups is 1. The van der Waals surface area contributed by atoms with Crippen molar-refractivity contribution in [2.24, 2.45) is 10.7 Å². The number of guanidine groups is 1. The minimum absolute atomic E-state index is 0.159. The van der Waals surface area contributed by atoms with Gasteiger partial charge in [0.05, 0.1) is 5.69 Å². The van der Waals surface area contributed by atoms with Gasteiger partial charge in [0.2, 0.25) is 0 Å². The first-order chi connectivity index (χ1) is 7.40. The molecule has 0 fully saturated rings. The van der Waals surface area contributed by atoms with Gasteiger partial charge in [-0.05, 0) is 54.4 Å². The molecule has 0 amide bonds. The summed E-state index contributed by atoms with van der Waals surface area (Å²) in [4.78, 5) is 4.19. The van der Waals surface area contributed by atoms with E-state index in [0.717, 1.165) is 15.7 Å². The third kappa shape index (κ3) is 3.68. The summed E-state index contributed by atoms with van der Waals surface area (Å²) in [6.45, 7) is 5.87. The molecule has 1 aromatic rings. The lowest BCUT2D eigenvalue weighted by Gasteiger charge is -2.10. The van der Waals surface area contributed by atoms with E-state index >= 15 is 0 Å². The topological polar surface area (TPSA) is 50.4 Å². The molecule has 0 bridgehead atoms. The Labute approximate surface area is 109 Å². The molecule has 5 heteroatoms. The first-order valence-corrected chi connectivity index (χ1v) is 6.13. The number of hydrogen-bond donors (Lipinski definition) is 2. The lowest BCUT2D eigenvalue weighted by atomic mass is 10.2. The third-order valence-electron chi connectivity index (χ3n) is 1.91. The van der Waals surface area contributed by atoms with Crippen molar-refractivity contribution in [2.75, 3.05) is 5.32 Å². The van der Waals surface area contributed by atoms with Crippen LogP contribution in [0.15, 0.2) is 21.6 Å². The lowest BCUT2D eigenvalue weighted by molar-refractivity contribution is 0.833. The van der Waals surface area contributed by atoms with Gasteiger partial charge in [0, 0.05) is 15.5 Å². The molecular weight excluding hydrogens is 289 g/mol. The van der Waals surface area contributed by atoms with Crippen molar-refractivity contribution in [2.45, 2.75) is 26.8 Å². The summed E-state index contributed by atoms with van der Waals surface area (Å²) in [5, 5.41) is 3.70. The van der Waals surface area contributed by atoms with E-state index in [1.165, 1.54) is 0 Å². The summed E-state index contributed by atoms with van der Waals surface area (Å²) in [6, 6.07) is 3.92. The van der Waals surface area contributed by atoms with Crippen LogP contribution in [-0.2, 0) is 0 Å². The molecule has 0 radical (unpaired) electrons. The van der Waals surface area contributed by atoms with Gasteiger partial charge in [0.15, 0.2) is 5.96 Å². The Balaban J connectivity index is 2.94. The Morgan fingerprint density at radius 3 is 2.69 bits per heavy atom. The summed E-state index contributed by atoms with van der Waals surface area (Å²) in [6.07, 6.45) is 0. The van der Waals surface area contributed by atoms with Crippen LogP contribution in [0.5, 0.6) is 0 Å². The average molecular weight is 305 g/mol. The smallest absolute Gasteiger partial charge is 0.193 e. The zero-order valence-corrected chi connectivity index (χ0v) is 11.9. The number of hydrogen-bond acceptors (Lipinski definition) is 1. The van der Waals surface area contributed by atoms with Crippen molar-refractivity contribution in [3.8, 4) is 0 Å². The number of halogens is 2. The van der Waals surface area contributed by atoms with Crippen molar-refractivity contribution < 1.29 is 0 Å². The van der Waals surface area contributed by atoms with Gasteiger partial charge in [-0.25, -0.2) is 0 Å². The van der Waals surface area contributed by atoms with Gasteiger partial charge in [0.1, 0.15) is 0 Å². The molecule has 3 N–H and O–H groups in total. The Morgan fingerprint density at radius 2 is 2.12 bits per heavy atom. The molecule has 0 heterocycles. The molecule has 0 atom stereocenters. The second-order valence-electron chi connectivity index (χ2n) is 3.81. The summed E-state index contributed by atoms with van der Waals surface area (Å²) < 4.78 is 0.913. The molecule has 0 saturated carbocycles. The van der Waals surface area contributed by atoms with Gasteiger partial charge in [-0.2, -0.15) is 0 Å². The van der Waals surface area contributed by atoms with E-state index in [9.17, 15) is 0 Å². The van der Waals surface area contributed by atoms with Crippen LogP contribution in [0, 0.1) is 6.92 Å². The molecule has 16 heavy (non-hydrogen) atoms. The van der Waals surface area contributed by atoms with E-state index in [4.69, 9.17) is 17.3 Å². The first kappa shape index (κ1) is 13.3. The van der Waals surface area contributed by atoms with Gasteiger partial charge >= 0.3 is 0 Å². The zero-order valence-electron chi connectivity index (χ0n) is 9.51. The molecular formula is C11H15BrClN3. The summed E-state index contributed by atoms with van der Waals surface area (Å²) in [7, 11) is 0. The first-order valence-electron chi connectivity index (χ1n) is 4.96. The standard InChI is InChI=1S/C11H15BrClN3/c1-6(2)15-11(14)16-10-5-9(13)7(3)4-8(10)12/h4-6H,1-3H3,(H3,14,15,16). The predicted molar refractivity (Wildman–Crippen MR) is 74.3 cm³/mol. The minimum atomic E-state index is 0.159. The molecule has 1 aromatic carbocycles. The maximum Gasteiger partial charge on any atom is 0.193 e. The van der Waals surface area contributed by atoms with E-state index in [2.05, 4.69) is 26.2 Å². The molecule has 0 saturated heterocycles. The van der Waals surface area contributed by atoms with E-state index in [0.29, 0.717) is 11.0 Å². The molecule has 0 unspecified atom stereocenters. The van der Waals surface area contributed by atoms with Crippen LogP contribution >= 0.6 is 27.5 Å². The number of anilines is 1. The highest BCUT2D eigenvalue weighted by Gasteiger charge is 2.05. The fraction of sp³-hybridized carbons (Fsp3) is 0.364. The van der Waals surface area contributed by atoms with Crippen LogP contribution < -0.4 is 11.1 Å². The van der Waals surface area contributed by atoms with Crippen molar-refractivity contribution >= 4 is 39.2 Å². The number of aryl methyl sites for hydroxylation is 1. The van der Waals surface area contributed by atoms with Crippen LogP contribution in [0.3, 0.4) is 0 Å². The number of nitrogens with one attached hydrogen (secondary N) is 1. The largest absolute Gasteiger partial charge is 0.370 e. The van der Waals surface area contributed by atoms with Gasteiger partial charge < -0.3 is 11.1 Å². The summed E-state index contributed by atoms with van der Waals surface area (Å²) >= 11 is 9.48. The number of nitrogens with two attached hydrogens (primary N) is 1. The van der Waals surface area contributed by atoms with Crippen molar-refractivity contribution in [1.29, 1.82) is 0 Å². The quantitative estimate of drug-likeness (QED) is 0.648. The van der Waals surface area contributed by atoms with Crippen LogP contribution in [0.25, 0.3) is 0 Å². The second kappa shape index (κ2) is 5.55. The van der Waals surface area contributed by atoms with Crippen molar-refractivity contribution in [3.05, 3.63) is 27.2 Å². The van der Waals surface area contributed by atoms with E-state index in [1.807, 2.05) is 32.9 Å². The Bertz CT molecular complexity index is 416. The predicted octanol–water partition coefficient (Wildman–Crippen LogP) is 3.55. The fourth-order valence-corrected chi connectivity index (χ4v) is 1.91. The normalized spacial score (nSPS) is 12.0. The highest BCUT2D eigenvalue weighted by molar-refractivity contribution is 9.10. The third-order valence-corrected chi connectivity index (χ3v) is 2.97. The van der Waals surface area contributed by atoms with Crippen LogP contribution in [-0.4, -0.2) is 12.0 Å². The number of rotatable bonds is 2. The highest BCUT2D eigenvalue weighted by Crippen LogP contribution is 2.28. The Morgan fingerprint density at radius 1 is 1.50 bits per heavy atom. The maximum atomic E-state index is 6.03. The van der Waals surface area contributed by atoms with Crippen molar-refractivity contribution in [3.63, 3.8) is 0 Å². The molecule has 0 aliphatic heterocycles. The monoisotopic (exact) mass is 303 g/mol. The van der Waals surface area contributed by atoms with Gasteiger partial charge in [-0.3, -0.25) is 4.99 Å². The number of benzene rings is 1. The lowest BCUT2D eigenvalue weighted by Crippen LogP contribution is -2.24. The van der Waals surface area contributed by atoms with Crippen LogP contribution in [0.1, 0.15) is 19.4 Å². The van der Waals surface area contributed by atoms with Crippen molar-refractivity contribution in [1.82, 2.24) is 0 Å². The summed E-state index contributed by atoms with van der Waals surface area (Å²) in [5.74, 6) is 0.385. The van der Waals surface area contributed by atoms with E-state index in [-0.39, 0.29) is 6.04 Å². The molecule has 0 spiro atoms. The zero-order chi connectivity index (χ0) is 12.3. The Hall–Kier alpha value is -0.740. The summed E-state index contributed by atoms with van der Waals surface area (Å²) in [5.41, 5.74) is 7.57. The number of nitrogens with zero attached hydrogens (tertiary/aromatic N) is 1. The molecule has 88 valence electrons. The fourth-order valence-electron chi connectivity index (χ4n) is 1.19. The maximum absolute atomic E-state index is 6.03. The molecule has 1 rings (SSSR count). The van der Waals surface area contributed by atoms with Gasteiger partial charge in [0.25, 0.3) is 0 Å². The molecule has 0 aromatic heterocycles. The van der Waals surface area contributed by atoms with E-state index < -0.39 is 0 Å². The van der Waals surface area contributed by atoms with Crippen LogP contribution in [0.2, 0.25) is 5.02 Å².